The van der Waals surface area contributed by atoms with E-state index in [2.05, 4.69) is 25.2 Å². The van der Waals surface area contributed by atoms with E-state index in [9.17, 15) is 49.7 Å². The van der Waals surface area contributed by atoms with Gasteiger partial charge in [0.2, 0.25) is 11.3 Å². The van der Waals surface area contributed by atoms with Gasteiger partial charge in [0, 0.05) is 68.1 Å². The minimum atomic E-state index is -2.20. The van der Waals surface area contributed by atoms with Crippen LogP contribution in [0.15, 0.2) is 58.4 Å². The number of ether oxygens (including phenoxy) is 13. The van der Waals surface area contributed by atoms with Crippen molar-refractivity contribution in [1.29, 1.82) is 0 Å². The van der Waals surface area contributed by atoms with Crippen LogP contribution in [0.1, 0.15) is 147 Å². The normalized spacial score (nSPS) is 46.3. The number of aliphatic hydroxyl groups excluding tert-OH is 4. The lowest BCUT2D eigenvalue weighted by Gasteiger charge is -2.56. The zero-order valence-corrected chi connectivity index (χ0v) is 55.4. The summed E-state index contributed by atoms with van der Waals surface area (Å²) >= 11 is 0. The Balaban J connectivity index is 0.904. The Morgan fingerprint density at radius 1 is 0.720 bits per heavy atom. The SMILES string of the molecule is COC(=O)NC1C(C)OC(OC2CC=C(C)C3C=CC4C(OC5CC(OC6CCC(OC7CC(O)C(OC8CCC(O)C(C)O8)C(C)O7)C(C)O6)C(OC(C)=O)C(C)O5)C(C)CC(C)C4C3(C)C(O)=C3C(=O)OC4(CC(C=O)=CC(O)C4C=C2C)C3=O)CC1(C)[N+](=O)[O-]. The molecule has 4 aliphatic carbocycles. The third-order valence-electron chi connectivity index (χ3n) is 21.7. The molecule has 10 aliphatic rings. The summed E-state index contributed by atoms with van der Waals surface area (Å²) in [7, 11) is 1.15. The van der Waals surface area contributed by atoms with E-state index in [0.717, 1.165) is 7.11 Å². The number of nitrogens with zero attached hydrogens (tertiary/aromatic N) is 1. The van der Waals surface area contributed by atoms with Crippen molar-refractivity contribution in [3.05, 3.63) is 68.5 Å². The molecule has 5 N–H and O–H groups in total. The summed E-state index contributed by atoms with van der Waals surface area (Å²) in [5.74, 6) is -6.46. The van der Waals surface area contributed by atoms with Crippen molar-refractivity contribution in [3.8, 4) is 0 Å². The van der Waals surface area contributed by atoms with Crippen LogP contribution in [-0.2, 0) is 80.8 Å². The molecule has 2 bridgehead atoms. The van der Waals surface area contributed by atoms with Gasteiger partial charge in [0.15, 0.2) is 43.2 Å². The first kappa shape index (κ1) is 70.7. The predicted octanol–water partition coefficient (Wildman–Crippen LogP) is 6.36. The Labute approximate surface area is 542 Å². The average molecular weight is 1310 g/mol. The molecule has 26 heteroatoms. The number of hydrogen-bond donors (Lipinski definition) is 5. The number of hydrogen-bond acceptors (Lipinski definition) is 24. The van der Waals surface area contributed by atoms with Crippen molar-refractivity contribution in [2.24, 2.45) is 40.9 Å². The van der Waals surface area contributed by atoms with Crippen LogP contribution >= 0.6 is 0 Å². The van der Waals surface area contributed by atoms with Gasteiger partial charge in [-0.15, -0.1) is 0 Å². The minimum absolute atomic E-state index is 0.00196. The number of methoxy groups -OCH3 is 1. The number of rotatable bonds is 14. The van der Waals surface area contributed by atoms with Crippen LogP contribution in [0.25, 0.3) is 0 Å². The average Bonchev–Trinajstić information content (AvgIpc) is 1.68. The number of esters is 2. The summed E-state index contributed by atoms with van der Waals surface area (Å²) in [6, 6.07) is -1.12. The highest BCUT2D eigenvalue weighted by molar-refractivity contribution is 6.26. The van der Waals surface area contributed by atoms with Gasteiger partial charge in [0.25, 0.3) is 0 Å². The number of nitrogens with one attached hydrogen (secondary N) is 1. The Morgan fingerprint density at radius 2 is 1.35 bits per heavy atom. The molecule has 1 saturated carbocycles. The summed E-state index contributed by atoms with van der Waals surface area (Å²) in [5, 5.41) is 62.0. The second kappa shape index (κ2) is 28.2. The molecule has 93 heavy (non-hydrogen) atoms. The minimum Gasteiger partial charge on any atom is -0.511 e. The number of fused-ring (bicyclic) bond motifs is 4. The number of aldehydes is 1. The second-order valence-electron chi connectivity index (χ2n) is 28.2. The summed E-state index contributed by atoms with van der Waals surface area (Å²) in [6.45, 7) is 21.0. The molecule has 6 saturated heterocycles. The fourth-order valence-corrected chi connectivity index (χ4v) is 16.9. The summed E-state index contributed by atoms with van der Waals surface area (Å²) < 4.78 is 81.5. The fraction of sp³-hybridized carbons (Fsp3) is 0.776. The molecule has 26 nitrogen and oxygen atoms in total. The van der Waals surface area contributed by atoms with Crippen LogP contribution in [0.5, 0.6) is 0 Å². The second-order valence-corrected chi connectivity index (χ2v) is 28.2. The van der Waals surface area contributed by atoms with E-state index in [0.29, 0.717) is 49.5 Å². The monoisotopic (exact) mass is 1310 g/mol. The zero-order valence-electron chi connectivity index (χ0n) is 55.4. The third-order valence-corrected chi connectivity index (χ3v) is 21.7. The first-order valence-corrected chi connectivity index (χ1v) is 33.1. The molecular weight excluding hydrogens is 1220 g/mol. The maximum Gasteiger partial charge on any atom is 0.407 e. The Bertz CT molecular complexity index is 2960. The van der Waals surface area contributed by atoms with Crippen molar-refractivity contribution in [1.82, 2.24) is 5.32 Å². The maximum absolute atomic E-state index is 15.6. The Morgan fingerprint density at radius 3 is 2.01 bits per heavy atom. The molecule has 10 rings (SSSR count). The van der Waals surface area contributed by atoms with E-state index in [1.54, 1.807) is 33.8 Å². The van der Waals surface area contributed by atoms with Gasteiger partial charge in [-0.3, -0.25) is 24.5 Å². The lowest BCUT2D eigenvalue weighted by atomic mass is 9.49. The van der Waals surface area contributed by atoms with E-state index < -0.39 is 210 Å². The number of alkyl carbamates (subject to hydrolysis) is 1. The van der Waals surface area contributed by atoms with Crippen LogP contribution in [0.3, 0.4) is 0 Å². The molecular formula is C67H96N2O24. The van der Waals surface area contributed by atoms with Gasteiger partial charge >= 0.3 is 18.0 Å². The lowest BCUT2D eigenvalue weighted by Crippen LogP contribution is -2.65. The van der Waals surface area contributed by atoms with Crippen LogP contribution < -0.4 is 5.32 Å². The maximum atomic E-state index is 15.6. The quantitative estimate of drug-likeness (QED) is 0.0240. The number of ketones is 1. The first-order valence-electron chi connectivity index (χ1n) is 33.1. The third kappa shape index (κ3) is 14.0. The molecule has 0 aromatic rings. The molecule has 1 spiro atoms. The largest absolute Gasteiger partial charge is 0.511 e. The molecule has 29 unspecified atom stereocenters. The number of amides is 1. The fourth-order valence-electron chi connectivity index (χ4n) is 16.9. The molecule has 1 amide bonds. The highest BCUT2D eigenvalue weighted by Gasteiger charge is 2.65. The number of carbonyl (C=O) groups excluding carboxylic acids is 5. The molecule has 0 aromatic heterocycles. The predicted molar refractivity (Wildman–Crippen MR) is 325 cm³/mol. The van der Waals surface area contributed by atoms with E-state index in [-0.39, 0.29) is 43.1 Å². The van der Waals surface area contributed by atoms with Gasteiger partial charge < -0.3 is 87.3 Å². The Hall–Kier alpha value is -5.07. The number of Topliss-reactive ketones (excluding diaryl/α,β-unsaturated/α-hetero) is 1. The van der Waals surface area contributed by atoms with E-state index >= 15 is 4.79 Å². The van der Waals surface area contributed by atoms with Crippen molar-refractivity contribution >= 4 is 30.1 Å². The number of aliphatic hydroxyl groups is 4. The van der Waals surface area contributed by atoms with Crippen LogP contribution in [0.2, 0.25) is 0 Å². The summed E-state index contributed by atoms with van der Waals surface area (Å²) in [5.41, 5.74) is -4.91. The molecule has 0 radical (unpaired) electrons. The topological polar surface area (TPSA) is 341 Å². The molecule has 6 aliphatic heterocycles. The van der Waals surface area contributed by atoms with Crippen LogP contribution in [0.4, 0.5) is 4.79 Å². The van der Waals surface area contributed by atoms with E-state index in [1.165, 1.54) is 19.9 Å². The van der Waals surface area contributed by atoms with Crippen LogP contribution in [0, 0.1) is 51.0 Å². The highest BCUT2D eigenvalue weighted by atomic mass is 16.8. The standard InChI is InChI=1S/C67H96N2O24/c1-30-14-18-47(88-54-28-65(11,69(79)80)60(38(9)86-54)68-64(78)81-13)31(2)23-43-45(73)24-40(29-70)27-67(43)62(76)55(63(77)93-67)61(75)66(12)42(30)16-15-41-56(66)32(3)22-33(4)57(41)92-53-26-49(59(37(8)85-53)87-39(10)71)90-50-21-19-48(35(6)83-50)89-52-25-46(74)58(36(7)84-52)91-51-20-17-44(72)34(5)82-51/h14-16,23-24,29,32-38,41-54,56-60,72-75H,17-22,25-28H2,1-13H3,(H,68,78). The van der Waals surface area contributed by atoms with Gasteiger partial charge in [-0.2, -0.15) is 0 Å². The lowest BCUT2D eigenvalue weighted by molar-refractivity contribution is -0.584. The zero-order chi connectivity index (χ0) is 67.5. The van der Waals surface area contributed by atoms with E-state index in [4.69, 9.17) is 61.6 Å². The number of nitro groups is 1. The van der Waals surface area contributed by atoms with Gasteiger partial charge in [-0.05, 0) is 109 Å². The summed E-state index contributed by atoms with van der Waals surface area (Å²) in [6.07, 6.45) is -4.21. The summed E-state index contributed by atoms with van der Waals surface area (Å²) in [4.78, 5) is 80.4. The van der Waals surface area contributed by atoms with Gasteiger partial charge in [0.05, 0.1) is 86.6 Å². The molecule has 518 valence electrons. The van der Waals surface area contributed by atoms with E-state index in [1.807, 2.05) is 39.8 Å². The van der Waals surface area contributed by atoms with Crippen molar-refractivity contribution < 1.29 is 111 Å². The number of carbonyl (C=O) groups is 5. The number of allylic oxidation sites excluding steroid dienone is 3. The van der Waals surface area contributed by atoms with Gasteiger partial charge in [-0.25, -0.2) is 9.59 Å². The first-order chi connectivity index (χ1) is 43.9. The van der Waals surface area contributed by atoms with Crippen molar-refractivity contribution in [2.45, 2.75) is 281 Å². The van der Waals surface area contributed by atoms with Crippen molar-refractivity contribution in [3.63, 3.8) is 0 Å². The van der Waals surface area contributed by atoms with Crippen LogP contribution in [-0.4, -0.2) is 197 Å². The smallest absolute Gasteiger partial charge is 0.407 e. The molecule has 29 atom stereocenters. The molecule has 6 heterocycles. The molecule has 0 aromatic carbocycles. The van der Waals surface area contributed by atoms with Gasteiger partial charge in [0.1, 0.15) is 35.9 Å². The molecule has 7 fully saturated rings. The Kier molecular flexibility index (Phi) is 21.4. The van der Waals surface area contributed by atoms with Gasteiger partial charge in [-0.1, -0.05) is 50.6 Å². The highest BCUT2D eigenvalue weighted by Crippen LogP contribution is 2.61. The van der Waals surface area contributed by atoms with Crippen molar-refractivity contribution in [2.75, 3.05) is 7.11 Å².